The van der Waals surface area contributed by atoms with Crippen LogP contribution < -0.4 is 5.32 Å². The predicted octanol–water partition coefficient (Wildman–Crippen LogP) is 2.45. The standard InChI is InChI=1S/C13H16N4O3/c1-3-6-14-8-12-15-16-13(20-12)11-5-4-10(17(18)19)7-9(11)2/h4-5,7,14H,3,6,8H2,1-2H3. The number of hydrogen-bond acceptors (Lipinski definition) is 6. The first kappa shape index (κ1) is 14.1. The van der Waals surface area contributed by atoms with Gasteiger partial charge in [-0.1, -0.05) is 6.92 Å². The first-order valence-corrected chi connectivity index (χ1v) is 6.40. The van der Waals surface area contributed by atoms with E-state index in [0.717, 1.165) is 18.5 Å². The average Bonchev–Trinajstić information content (AvgIpc) is 2.87. The molecule has 1 N–H and O–H groups in total. The van der Waals surface area contributed by atoms with Gasteiger partial charge < -0.3 is 9.73 Å². The summed E-state index contributed by atoms with van der Waals surface area (Å²) in [6.07, 6.45) is 1.03. The minimum Gasteiger partial charge on any atom is -0.419 e. The van der Waals surface area contributed by atoms with Crippen molar-refractivity contribution in [2.24, 2.45) is 0 Å². The lowest BCUT2D eigenvalue weighted by molar-refractivity contribution is -0.384. The molecule has 0 amide bonds. The highest BCUT2D eigenvalue weighted by Crippen LogP contribution is 2.25. The molecule has 1 aromatic heterocycles. The molecule has 2 aromatic rings. The van der Waals surface area contributed by atoms with Gasteiger partial charge in [-0.05, 0) is 31.5 Å². The molecule has 0 aliphatic carbocycles. The quantitative estimate of drug-likeness (QED) is 0.494. The SMILES string of the molecule is CCCNCc1nnc(-c2ccc([N+](=O)[O-])cc2C)o1. The molecule has 7 heteroatoms. The van der Waals surface area contributed by atoms with Crippen LogP contribution in [0.15, 0.2) is 22.6 Å². The fraction of sp³-hybridized carbons (Fsp3) is 0.385. The summed E-state index contributed by atoms with van der Waals surface area (Å²) in [5.41, 5.74) is 1.50. The molecule has 0 aliphatic rings. The van der Waals surface area contributed by atoms with Crippen LogP contribution in [0.3, 0.4) is 0 Å². The Hall–Kier alpha value is -2.28. The van der Waals surface area contributed by atoms with E-state index in [1.807, 2.05) is 0 Å². The summed E-state index contributed by atoms with van der Waals surface area (Å²) in [6, 6.07) is 4.56. The molecule has 0 bridgehead atoms. The van der Waals surface area contributed by atoms with Gasteiger partial charge in [-0.3, -0.25) is 10.1 Å². The minimum atomic E-state index is -0.426. The second kappa shape index (κ2) is 6.25. The molecule has 2 rings (SSSR count). The van der Waals surface area contributed by atoms with E-state index in [0.29, 0.717) is 23.9 Å². The molecule has 0 saturated carbocycles. The van der Waals surface area contributed by atoms with Crippen LogP contribution in [-0.4, -0.2) is 21.7 Å². The number of aromatic nitrogens is 2. The first-order valence-electron chi connectivity index (χ1n) is 6.40. The smallest absolute Gasteiger partial charge is 0.269 e. The largest absolute Gasteiger partial charge is 0.419 e. The second-order valence-electron chi connectivity index (χ2n) is 4.43. The van der Waals surface area contributed by atoms with Crippen LogP contribution in [0.25, 0.3) is 11.5 Å². The number of benzene rings is 1. The molecule has 20 heavy (non-hydrogen) atoms. The third kappa shape index (κ3) is 3.18. The highest BCUT2D eigenvalue weighted by Gasteiger charge is 2.14. The van der Waals surface area contributed by atoms with E-state index in [1.165, 1.54) is 12.1 Å². The molecule has 0 atom stereocenters. The fourth-order valence-corrected chi connectivity index (χ4v) is 1.81. The molecule has 0 unspecified atom stereocenters. The second-order valence-corrected chi connectivity index (χ2v) is 4.43. The van der Waals surface area contributed by atoms with Crippen molar-refractivity contribution in [3.8, 4) is 11.5 Å². The molecule has 0 radical (unpaired) electrons. The number of aryl methyl sites for hydroxylation is 1. The maximum absolute atomic E-state index is 10.7. The summed E-state index contributed by atoms with van der Waals surface area (Å²) in [5.74, 6) is 0.886. The van der Waals surface area contributed by atoms with E-state index in [4.69, 9.17) is 4.42 Å². The summed E-state index contributed by atoms with van der Waals surface area (Å²) in [4.78, 5) is 10.3. The Bertz CT molecular complexity index is 609. The van der Waals surface area contributed by atoms with Gasteiger partial charge in [0.25, 0.3) is 5.69 Å². The summed E-state index contributed by atoms with van der Waals surface area (Å²) in [7, 11) is 0. The highest BCUT2D eigenvalue weighted by atomic mass is 16.6. The van der Waals surface area contributed by atoms with Crippen molar-refractivity contribution in [3.05, 3.63) is 39.8 Å². The lowest BCUT2D eigenvalue weighted by atomic mass is 10.1. The summed E-state index contributed by atoms with van der Waals surface area (Å²) in [6.45, 7) is 5.26. The Morgan fingerprint density at radius 3 is 2.85 bits per heavy atom. The zero-order valence-corrected chi connectivity index (χ0v) is 11.4. The van der Waals surface area contributed by atoms with Crippen molar-refractivity contribution in [3.63, 3.8) is 0 Å². The molecule has 0 aliphatic heterocycles. The number of nitrogens with one attached hydrogen (secondary N) is 1. The third-order valence-corrected chi connectivity index (χ3v) is 2.82. The fourth-order valence-electron chi connectivity index (χ4n) is 1.81. The predicted molar refractivity (Wildman–Crippen MR) is 73.1 cm³/mol. The third-order valence-electron chi connectivity index (χ3n) is 2.82. The number of nitro benzene ring substituents is 1. The van der Waals surface area contributed by atoms with E-state index < -0.39 is 4.92 Å². The molecular weight excluding hydrogens is 260 g/mol. The lowest BCUT2D eigenvalue weighted by Crippen LogP contribution is -2.13. The Morgan fingerprint density at radius 1 is 1.40 bits per heavy atom. The van der Waals surface area contributed by atoms with E-state index >= 15 is 0 Å². The van der Waals surface area contributed by atoms with E-state index in [9.17, 15) is 10.1 Å². The van der Waals surface area contributed by atoms with Crippen molar-refractivity contribution in [2.45, 2.75) is 26.8 Å². The van der Waals surface area contributed by atoms with Gasteiger partial charge in [-0.15, -0.1) is 10.2 Å². The monoisotopic (exact) mass is 276 g/mol. The van der Waals surface area contributed by atoms with Gasteiger partial charge in [0.15, 0.2) is 0 Å². The Balaban J connectivity index is 2.17. The van der Waals surface area contributed by atoms with Crippen molar-refractivity contribution in [2.75, 3.05) is 6.54 Å². The van der Waals surface area contributed by atoms with Crippen LogP contribution in [0.1, 0.15) is 24.8 Å². The molecule has 106 valence electrons. The molecule has 0 fully saturated rings. The molecule has 1 aromatic carbocycles. The van der Waals surface area contributed by atoms with Crippen LogP contribution in [0.4, 0.5) is 5.69 Å². The Labute approximate surface area is 116 Å². The zero-order valence-electron chi connectivity index (χ0n) is 11.4. The molecule has 0 saturated heterocycles. The summed E-state index contributed by atoms with van der Waals surface area (Å²) >= 11 is 0. The number of nitro groups is 1. The minimum absolute atomic E-state index is 0.0515. The number of non-ortho nitro benzene ring substituents is 1. The molecule has 7 nitrogen and oxygen atoms in total. The molecule has 0 spiro atoms. The number of hydrogen-bond donors (Lipinski definition) is 1. The van der Waals surface area contributed by atoms with Gasteiger partial charge in [0.2, 0.25) is 11.8 Å². The Morgan fingerprint density at radius 2 is 2.20 bits per heavy atom. The van der Waals surface area contributed by atoms with Crippen LogP contribution >= 0.6 is 0 Å². The maximum Gasteiger partial charge on any atom is 0.269 e. The van der Waals surface area contributed by atoms with E-state index in [2.05, 4.69) is 22.4 Å². The van der Waals surface area contributed by atoms with Gasteiger partial charge in [-0.2, -0.15) is 0 Å². The van der Waals surface area contributed by atoms with Crippen molar-refractivity contribution in [1.29, 1.82) is 0 Å². The summed E-state index contributed by atoms with van der Waals surface area (Å²) < 4.78 is 5.54. The van der Waals surface area contributed by atoms with E-state index in [-0.39, 0.29) is 5.69 Å². The first-order chi connectivity index (χ1) is 9.61. The lowest BCUT2D eigenvalue weighted by Gasteiger charge is -2.00. The van der Waals surface area contributed by atoms with Gasteiger partial charge in [-0.25, -0.2) is 0 Å². The number of nitrogens with zero attached hydrogens (tertiary/aromatic N) is 3. The van der Waals surface area contributed by atoms with Crippen LogP contribution in [-0.2, 0) is 6.54 Å². The topological polar surface area (TPSA) is 94.1 Å². The molecular formula is C13H16N4O3. The van der Waals surface area contributed by atoms with Crippen molar-refractivity contribution in [1.82, 2.24) is 15.5 Å². The normalized spacial score (nSPS) is 10.7. The molecule has 1 heterocycles. The van der Waals surface area contributed by atoms with Gasteiger partial charge >= 0.3 is 0 Å². The van der Waals surface area contributed by atoms with E-state index in [1.54, 1.807) is 13.0 Å². The van der Waals surface area contributed by atoms with Crippen LogP contribution in [0.2, 0.25) is 0 Å². The van der Waals surface area contributed by atoms with Gasteiger partial charge in [0.1, 0.15) is 0 Å². The van der Waals surface area contributed by atoms with Gasteiger partial charge in [0.05, 0.1) is 11.5 Å². The van der Waals surface area contributed by atoms with Crippen LogP contribution in [0, 0.1) is 17.0 Å². The average molecular weight is 276 g/mol. The van der Waals surface area contributed by atoms with Gasteiger partial charge in [0, 0.05) is 17.7 Å². The number of rotatable bonds is 6. The van der Waals surface area contributed by atoms with Crippen LogP contribution in [0.5, 0.6) is 0 Å². The maximum atomic E-state index is 10.7. The van der Waals surface area contributed by atoms with Crippen molar-refractivity contribution < 1.29 is 9.34 Å². The van der Waals surface area contributed by atoms with Crippen molar-refractivity contribution >= 4 is 5.69 Å². The Kier molecular flexibility index (Phi) is 4.41. The summed E-state index contributed by atoms with van der Waals surface area (Å²) in [5, 5.41) is 21.8. The zero-order chi connectivity index (χ0) is 14.5. The highest BCUT2D eigenvalue weighted by molar-refractivity contribution is 5.60.